The average Bonchev–Trinajstić information content (AvgIpc) is 3.06. The van der Waals surface area contributed by atoms with Crippen molar-refractivity contribution in [1.29, 1.82) is 0 Å². The van der Waals surface area contributed by atoms with Gasteiger partial charge in [0.25, 0.3) is 0 Å². The Labute approximate surface area is 146 Å². The predicted molar refractivity (Wildman–Crippen MR) is 95.4 cm³/mol. The standard InChI is InChI=1S/C19H22N4O2/c1-13(2)18-21-19(23(22-18)11-15-12-24-9-10-25-15)17-8-7-14-5-3-4-6-16(14)20-17/h3-8,13,15H,9-12H2,1-2H3/t15-/m1/s1. The lowest BCUT2D eigenvalue weighted by molar-refractivity contribution is -0.0945. The molecular formula is C19H22N4O2. The van der Waals surface area contributed by atoms with Crippen LogP contribution in [-0.4, -0.2) is 45.7 Å². The molecule has 1 aliphatic heterocycles. The van der Waals surface area contributed by atoms with Crippen LogP contribution in [0, 0.1) is 0 Å². The van der Waals surface area contributed by atoms with Crippen LogP contribution in [0.1, 0.15) is 25.6 Å². The van der Waals surface area contributed by atoms with Gasteiger partial charge in [0.1, 0.15) is 11.8 Å². The van der Waals surface area contributed by atoms with E-state index in [4.69, 9.17) is 24.5 Å². The second-order valence-electron chi connectivity index (χ2n) is 6.59. The van der Waals surface area contributed by atoms with Crippen LogP contribution in [-0.2, 0) is 16.0 Å². The Kier molecular flexibility index (Phi) is 4.46. The summed E-state index contributed by atoms with van der Waals surface area (Å²) in [5.41, 5.74) is 1.78. The van der Waals surface area contributed by atoms with E-state index >= 15 is 0 Å². The van der Waals surface area contributed by atoms with Crippen LogP contribution in [0.15, 0.2) is 36.4 Å². The van der Waals surface area contributed by atoms with Crippen LogP contribution in [0.25, 0.3) is 22.4 Å². The van der Waals surface area contributed by atoms with Crippen LogP contribution in [0.3, 0.4) is 0 Å². The van der Waals surface area contributed by atoms with E-state index in [1.165, 1.54) is 0 Å². The summed E-state index contributed by atoms with van der Waals surface area (Å²) >= 11 is 0. The van der Waals surface area contributed by atoms with Crippen molar-refractivity contribution in [2.45, 2.75) is 32.4 Å². The summed E-state index contributed by atoms with van der Waals surface area (Å²) in [6.07, 6.45) is -0.00494. The van der Waals surface area contributed by atoms with Crippen LogP contribution >= 0.6 is 0 Å². The van der Waals surface area contributed by atoms with Gasteiger partial charge in [0.2, 0.25) is 0 Å². The van der Waals surface area contributed by atoms with Gasteiger partial charge in [0.15, 0.2) is 11.6 Å². The quantitative estimate of drug-likeness (QED) is 0.732. The molecule has 130 valence electrons. The highest BCUT2D eigenvalue weighted by Crippen LogP contribution is 2.22. The molecule has 3 aromatic rings. The third kappa shape index (κ3) is 3.41. The molecular weight excluding hydrogens is 316 g/mol. The highest BCUT2D eigenvalue weighted by molar-refractivity contribution is 5.80. The maximum Gasteiger partial charge on any atom is 0.177 e. The van der Waals surface area contributed by atoms with E-state index in [9.17, 15) is 0 Å². The number of nitrogens with zero attached hydrogens (tertiary/aromatic N) is 4. The van der Waals surface area contributed by atoms with Gasteiger partial charge in [-0.1, -0.05) is 38.1 Å². The molecule has 2 aromatic heterocycles. The minimum atomic E-state index is -0.00494. The Hall–Kier alpha value is -2.31. The normalized spacial score (nSPS) is 18.1. The lowest BCUT2D eigenvalue weighted by atomic mass is 10.2. The van der Waals surface area contributed by atoms with Crippen molar-refractivity contribution >= 4 is 10.9 Å². The minimum Gasteiger partial charge on any atom is -0.376 e. The Bertz CT molecular complexity index is 869. The summed E-state index contributed by atoms with van der Waals surface area (Å²) in [5, 5.41) is 5.81. The molecule has 25 heavy (non-hydrogen) atoms. The third-order valence-corrected chi connectivity index (χ3v) is 4.29. The predicted octanol–water partition coefficient (Wildman–Crippen LogP) is 3.03. The van der Waals surface area contributed by atoms with Gasteiger partial charge in [-0.15, -0.1) is 0 Å². The van der Waals surface area contributed by atoms with Crippen LogP contribution in [0.5, 0.6) is 0 Å². The first-order valence-electron chi connectivity index (χ1n) is 8.71. The number of ether oxygens (including phenoxy) is 2. The third-order valence-electron chi connectivity index (χ3n) is 4.29. The minimum absolute atomic E-state index is 0.00494. The first kappa shape index (κ1) is 16.2. The molecule has 1 aliphatic rings. The highest BCUT2D eigenvalue weighted by atomic mass is 16.6. The summed E-state index contributed by atoms with van der Waals surface area (Å²) in [4.78, 5) is 9.52. The maximum absolute atomic E-state index is 5.78. The first-order valence-corrected chi connectivity index (χ1v) is 8.71. The van der Waals surface area contributed by atoms with Crippen molar-refractivity contribution in [2.75, 3.05) is 19.8 Å². The lowest BCUT2D eigenvalue weighted by Crippen LogP contribution is -2.32. The van der Waals surface area contributed by atoms with E-state index in [0.717, 1.165) is 28.2 Å². The summed E-state index contributed by atoms with van der Waals surface area (Å²) in [6.45, 7) is 6.67. The molecule has 0 N–H and O–H groups in total. The van der Waals surface area contributed by atoms with Crippen molar-refractivity contribution < 1.29 is 9.47 Å². The van der Waals surface area contributed by atoms with Gasteiger partial charge in [0.05, 0.1) is 31.9 Å². The molecule has 3 heterocycles. The molecule has 1 fully saturated rings. The van der Waals surface area contributed by atoms with Gasteiger partial charge in [-0.05, 0) is 12.1 Å². The van der Waals surface area contributed by atoms with Gasteiger partial charge in [-0.25, -0.2) is 14.6 Å². The lowest BCUT2D eigenvalue weighted by Gasteiger charge is -2.23. The number of hydrogen-bond acceptors (Lipinski definition) is 5. The zero-order valence-electron chi connectivity index (χ0n) is 14.6. The van der Waals surface area contributed by atoms with E-state index in [2.05, 4.69) is 26.0 Å². The van der Waals surface area contributed by atoms with Gasteiger partial charge in [-0.3, -0.25) is 0 Å². The molecule has 4 rings (SSSR count). The second kappa shape index (κ2) is 6.90. The molecule has 0 bridgehead atoms. The SMILES string of the molecule is CC(C)c1nc(-c2ccc3ccccc3n2)n(C[C@@H]2COCCO2)n1. The zero-order chi connectivity index (χ0) is 17.2. The summed E-state index contributed by atoms with van der Waals surface area (Å²) in [5.74, 6) is 1.86. The monoisotopic (exact) mass is 338 g/mol. The molecule has 0 unspecified atom stereocenters. The molecule has 0 aliphatic carbocycles. The molecule has 0 amide bonds. The molecule has 0 radical (unpaired) electrons. The van der Waals surface area contributed by atoms with E-state index in [1.54, 1.807) is 0 Å². The fourth-order valence-electron chi connectivity index (χ4n) is 2.95. The average molecular weight is 338 g/mol. The Morgan fingerprint density at radius 3 is 2.80 bits per heavy atom. The number of benzene rings is 1. The molecule has 0 spiro atoms. The summed E-state index contributed by atoms with van der Waals surface area (Å²) in [6, 6.07) is 12.2. The number of para-hydroxylation sites is 1. The molecule has 6 heteroatoms. The molecule has 0 saturated carbocycles. The smallest absolute Gasteiger partial charge is 0.177 e. The number of pyridine rings is 1. The van der Waals surface area contributed by atoms with Crippen molar-refractivity contribution in [3.05, 3.63) is 42.2 Å². The van der Waals surface area contributed by atoms with E-state index in [-0.39, 0.29) is 12.0 Å². The summed E-state index contributed by atoms with van der Waals surface area (Å²) < 4.78 is 13.2. The topological polar surface area (TPSA) is 62.1 Å². The van der Waals surface area contributed by atoms with Crippen molar-refractivity contribution in [2.24, 2.45) is 0 Å². The number of rotatable bonds is 4. The largest absolute Gasteiger partial charge is 0.376 e. The van der Waals surface area contributed by atoms with Crippen LogP contribution < -0.4 is 0 Å². The molecule has 6 nitrogen and oxygen atoms in total. The fraction of sp³-hybridized carbons (Fsp3) is 0.421. The van der Waals surface area contributed by atoms with Crippen molar-refractivity contribution in [1.82, 2.24) is 19.7 Å². The van der Waals surface area contributed by atoms with E-state index in [0.29, 0.717) is 26.4 Å². The van der Waals surface area contributed by atoms with Crippen LogP contribution in [0.4, 0.5) is 0 Å². The molecule has 1 aromatic carbocycles. The number of aromatic nitrogens is 4. The zero-order valence-corrected chi connectivity index (χ0v) is 14.6. The number of fused-ring (bicyclic) bond motifs is 1. The Morgan fingerprint density at radius 2 is 2.00 bits per heavy atom. The van der Waals surface area contributed by atoms with Gasteiger partial charge < -0.3 is 9.47 Å². The van der Waals surface area contributed by atoms with Crippen LogP contribution in [0.2, 0.25) is 0 Å². The highest BCUT2D eigenvalue weighted by Gasteiger charge is 2.21. The van der Waals surface area contributed by atoms with E-state index in [1.807, 2.05) is 28.9 Å². The first-order chi connectivity index (χ1) is 12.2. The number of hydrogen-bond donors (Lipinski definition) is 0. The van der Waals surface area contributed by atoms with Gasteiger partial charge in [-0.2, -0.15) is 5.10 Å². The van der Waals surface area contributed by atoms with Gasteiger partial charge >= 0.3 is 0 Å². The van der Waals surface area contributed by atoms with Crippen molar-refractivity contribution in [3.8, 4) is 11.5 Å². The summed E-state index contributed by atoms with van der Waals surface area (Å²) in [7, 11) is 0. The van der Waals surface area contributed by atoms with Gasteiger partial charge in [0, 0.05) is 11.3 Å². The fourth-order valence-corrected chi connectivity index (χ4v) is 2.95. The second-order valence-corrected chi connectivity index (χ2v) is 6.59. The van der Waals surface area contributed by atoms with E-state index < -0.39 is 0 Å². The maximum atomic E-state index is 5.78. The van der Waals surface area contributed by atoms with Crippen molar-refractivity contribution in [3.63, 3.8) is 0 Å². The molecule has 1 saturated heterocycles. The Balaban J connectivity index is 1.72. The molecule has 1 atom stereocenters. The Morgan fingerprint density at radius 1 is 1.12 bits per heavy atom.